The molecule has 0 atom stereocenters. The molecule has 0 aliphatic heterocycles. The molecule has 0 spiro atoms. The minimum absolute atomic E-state index is 0.0647. The molecule has 134 valence electrons. The van der Waals surface area contributed by atoms with Crippen molar-refractivity contribution in [1.82, 2.24) is 0 Å². The largest absolute Gasteiger partial charge is 0.507 e. The van der Waals surface area contributed by atoms with E-state index in [1.807, 2.05) is 13.8 Å². The van der Waals surface area contributed by atoms with Crippen molar-refractivity contribution in [3.63, 3.8) is 0 Å². The summed E-state index contributed by atoms with van der Waals surface area (Å²) in [4.78, 5) is 12.3. The summed E-state index contributed by atoms with van der Waals surface area (Å²) in [6.45, 7) is 4.01. The number of phenolic OH excluding ortho intramolecular Hbond substituents is 1. The molecule has 0 bridgehead atoms. The summed E-state index contributed by atoms with van der Waals surface area (Å²) < 4.78 is 0. The molecule has 0 heterocycles. The van der Waals surface area contributed by atoms with Gasteiger partial charge in [-0.25, -0.2) is 0 Å². The first-order valence-corrected chi connectivity index (χ1v) is 8.46. The topological polar surface area (TPSA) is 81.6 Å². The van der Waals surface area contributed by atoms with Crippen molar-refractivity contribution in [3.05, 3.63) is 52.0 Å². The number of hydrogen-bond acceptors (Lipinski definition) is 4. The smallest absolute Gasteiger partial charge is 0.259 e. The second-order valence-electron chi connectivity index (χ2n) is 6.29. The Hall–Kier alpha value is -1.95. The molecular weight excluding hydrogens is 363 g/mol. The number of benzene rings is 2. The normalized spacial score (nSPS) is 11.2. The lowest BCUT2D eigenvalue weighted by Gasteiger charge is -2.27. The molecule has 0 unspecified atom stereocenters. The highest BCUT2D eigenvalue weighted by atomic mass is 35.5. The van der Waals surface area contributed by atoms with Gasteiger partial charge in [0.1, 0.15) is 5.75 Å². The lowest BCUT2D eigenvalue weighted by atomic mass is 10.0. The molecule has 0 aliphatic rings. The average Bonchev–Trinajstić information content (AvgIpc) is 2.51. The van der Waals surface area contributed by atoms with Gasteiger partial charge in [-0.1, -0.05) is 23.2 Å². The Kier molecular flexibility index (Phi) is 6.16. The number of aromatic hydroxyl groups is 1. The van der Waals surface area contributed by atoms with Crippen LogP contribution >= 0.6 is 23.2 Å². The molecule has 2 aromatic rings. The van der Waals surface area contributed by atoms with Crippen LogP contribution in [0.25, 0.3) is 0 Å². The average molecular weight is 383 g/mol. The lowest BCUT2D eigenvalue weighted by Crippen LogP contribution is -2.31. The third-order valence-corrected chi connectivity index (χ3v) is 4.19. The fourth-order valence-corrected chi connectivity index (χ4v) is 2.71. The van der Waals surface area contributed by atoms with Gasteiger partial charge in [-0.2, -0.15) is 0 Å². The molecule has 0 fully saturated rings. The number of amides is 1. The molecule has 2 rings (SSSR count). The van der Waals surface area contributed by atoms with Crippen molar-refractivity contribution in [1.29, 1.82) is 0 Å². The molecule has 0 saturated carbocycles. The van der Waals surface area contributed by atoms with Gasteiger partial charge in [0.05, 0.1) is 16.3 Å². The van der Waals surface area contributed by atoms with Gasteiger partial charge < -0.3 is 20.8 Å². The first kappa shape index (κ1) is 19.4. The number of nitrogens with one attached hydrogen (secondary N) is 2. The van der Waals surface area contributed by atoms with Crippen LogP contribution in [0.1, 0.15) is 30.6 Å². The fraction of sp³-hybridized carbons (Fsp3) is 0.278. The maximum absolute atomic E-state index is 12.3. The molecule has 0 saturated heterocycles. The number of carbonyl (C=O) groups excluding carboxylic acids is 1. The van der Waals surface area contributed by atoms with E-state index in [1.165, 1.54) is 18.2 Å². The maximum Gasteiger partial charge on any atom is 0.259 e. The Labute approximate surface area is 156 Å². The van der Waals surface area contributed by atoms with Gasteiger partial charge in [0.15, 0.2) is 0 Å². The van der Waals surface area contributed by atoms with E-state index in [0.717, 1.165) is 5.69 Å². The van der Waals surface area contributed by atoms with Crippen LogP contribution in [0.3, 0.4) is 0 Å². The summed E-state index contributed by atoms with van der Waals surface area (Å²) in [6.07, 6.45) is 0.581. The first-order chi connectivity index (χ1) is 11.7. The van der Waals surface area contributed by atoms with Gasteiger partial charge in [-0.05, 0) is 56.7 Å². The zero-order chi connectivity index (χ0) is 18.6. The highest BCUT2D eigenvalue weighted by molar-refractivity contribution is 6.34. The number of phenols is 1. The molecular formula is C18H20Cl2N2O3. The van der Waals surface area contributed by atoms with Crippen LogP contribution in [0.15, 0.2) is 36.4 Å². The molecule has 1 amide bonds. The number of anilines is 2. The molecule has 0 radical (unpaired) electrons. The third kappa shape index (κ3) is 5.26. The predicted octanol–water partition coefficient (Wildman–Crippen LogP) is 4.52. The summed E-state index contributed by atoms with van der Waals surface area (Å²) in [5.41, 5.74) is 0.952. The van der Waals surface area contributed by atoms with Gasteiger partial charge in [-0.15, -0.1) is 0 Å². The van der Waals surface area contributed by atoms with E-state index >= 15 is 0 Å². The van der Waals surface area contributed by atoms with E-state index in [-0.39, 0.29) is 23.5 Å². The van der Waals surface area contributed by atoms with Crippen LogP contribution in [0.2, 0.25) is 10.0 Å². The second kappa shape index (κ2) is 7.95. The Bertz CT molecular complexity index is 779. The van der Waals surface area contributed by atoms with E-state index in [0.29, 0.717) is 22.2 Å². The highest BCUT2D eigenvalue weighted by Gasteiger charge is 2.18. The SMILES string of the molecule is CC(C)(CCO)Nc1ccc(NC(=O)c2cc(Cl)ccc2O)c(Cl)c1. The summed E-state index contributed by atoms with van der Waals surface area (Å²) in [6, 6.07) is 9.36. The zero-order valence-corrected chi connectivity index (χ0v) is 15.4. The van der Waals surface area contributed by atoms with Crippen LogP contribution in [-0.2, 0) is 0 Å². The molecule has 25 heavy (non-hydrogen) atoms. The van der Waals surface area contributed by atoms with Crippen molar-refractivity contribution in [2.24, 2.45) is 0 Å². The molecule has 4 N–H and O–H groups in total. The minimum Gasteiger partial charge on any atom is -0.507 e. The highest BCUT2D eigenvalue weighted by Crippen LogP contribution is 2.29. The number of aliphatic hydroxyl groups excluding tert-OH is 1. The first-order valence-electron chi connectivity index (χ1n) is 7.70. The van der Waals surface area contributed by atoms with Crippen LogP contribution in [-0.4, -0.2) is 28.3 Å². The maximum atomic E-state index is 12.3. The summed E-state index contributed by atoms with van der Waals surface area (Å²) in [7, 11) is 0. The van der Waals surface area contributed by atoms with Gasteiger partial charge >= 0.3 is 0 Å². The van der Waals surface area contributed by atoms with Crippen molar-refractivity contribution in [3.8, 4) is 5.75 Å². The van der Waals surface area contributed by atoms with Crippen LogP contribution in [0.4, 0.5) is 11.4 Å². The van der Waals surface area contributed by atoms with E-state index in [1.54, 1.807) is 18.2 Å². The van der Waals surface area contributed by atoms with Crippen molar-refractivity contribution in [2.45, 2.75) is 25.8 Å². The van der Waals surface area contributed by atoms with Gasteiger partial charge in [0.25, 0.3) is 5.91 Å². The quantitative estimate of drug-likeness (QED) is 0.591. The fourth-order valence-electron chi connectivity index (χ4n) is 2.31. The Morgan fingerprint density at radius 2 is 1.88 bits per heavy atom. The van der Waals surface area contributed by atoms with Gasteiger partial charge in [0.2, 0.25) is 0 Å². The Balaban J connectivity index is 2.16. The number of aliphatic hydroxyl groups is 1. The number of hydrogen-bond donors (Lipinski definition) is 4. The monoisotopic (exact) mass is 382 g/mol. The molecule has 5 nitrogen and oxygen atoms in total. The van der Waals surface area contributed by atoms with Gasteiger partial charge in [-0.3, -0.25) is 4.79 Å². The van der Waals surface area contributed by atoms with E-state index < -0.39 is 5.91 Å². The number of halogens is 2. The standard InChI is InChI=1S/C18H20Cl2N2O3/c1-18(2,7-8-23)22-12-4-5-15(14(20)10-12)21-17(25)13-9-11(19)3-6-16(13)24/h3-6,9-10,22-24H,7-8H2,1-2H3,(H,21,25). The Morgan fingerprint density at radius 1 is 1.16 bits per heavy atom. The minimum atomic E-state index is -0.511. The summed E-state index contributed by atoms with van der Waals surface area (Å²) in [5.74, 6) is -0.676. The zero-order valence-electron chi connectivity index (χ0n) is 13.9. The van der Waals surface area contributed by atoms with Crippen molar-refractivity contribution in [2.75, 3.05) is 17.2 Å². The van der Waals surface area contributed by atoms with Crippen molar-refractivity contribution < 1.29 is 15.0 Å². The third-order valence-electron chi connectivity index (χ3n) is 3.64. The second-order valence-corrected chi connectivity index (χ2v) is 7.14. The molecule has 2 aromatic carbocycles. The molecule has 0 aliphatic carbocycles. The number of rotatable bonds is 6. The van der Waals surface area contributed by atoms with Crippen LogP contribution < -0.4 is 10.6 Å². The summed E-state index contributed by atoms with van der Waals surface area (Å²) in [5, 5.41) is 25.5. The van der Waals surface area contributed by atoms with Crippen LogP contribution in [0, 0.1) is 0 Å². The summed E-state index contributed by atoms with van der Waals surface area (Å²) >= 11 is 12.1. The molecule has 7 heteroatoms. The molecule has 0 aromatic heterocycles. The van der Waals surface area contributed by atoms with E-state index in [9.17, 15) is 9.90 Å². The number of carbonyl (C=O) groups is 1. The van der Waals surface area contributed by atoms with E-state index in [4.69, 9.17) is 28.3 Å². The van der Waals surface area contributed by atoms with Crippen molar-refractivity contribution >= 4 is 40.5 Å². The van der Waals surface area contributed by atoms with E-state index in [2.05, 4.69) is 10.6 Å². The van der Waals surface area contributed by atoms with Gasteiger partial charge in [0, 0.05) is 22.9 Å². The van der Waals surface area contributed by atoms with Crippen LogP contribution in [0.5, 0.6) is 5.75 Å². The Morgan fingerprint density at radius 3 is 2.52 bits per heavy atom. The lowest BCUT2D eigenvalue weighted by molar-refractivity contribution is 0.102. The predicted molar refractivity (Wildman–Crippen MR) is 102 cm³/mol.